The molecule has 0 saturated carbocycles. The number of hydrogen-bond donors (Lipinski definition) is 0. The molecule has 10 heavy (non-hydrogen) atoms. The SMILES string of the molecule is C1CCOCC1.O=C(F)F. The van der Waals surface area contributed by atoms with Gasteiger partial charge in [-0.3, -0.25) is 0 Å². The van der Waals surface area contributed by atoms with Crippen LogP contribution in [0.4, 0.5) is 13.6 Å². The Balaban J connectivity index is 0.000000180. The number of hydrogen-bond acceptors (Lipinski definition) is 2. The molecule has 0 unspecified atom stereocenters. The van der Waals surface area contributed by atoms with Gasteiger partial charge < -0.3 is 4.74 Å². The Kier molecular flexibility index (Phi) is 6.27. The molecule has 0 aromatic rings. The number of halogens is 2. The van der Waals surface area contributed by atoms with Crippen molar-refractivity contribution >= 4 is 6.29 Å². The first-order chi connectivity index (χ1) is 4.73. The third kappa shape index (κ3) is 10.5. The molecular formula is C6H10F2O2. The predicted molar refractivity (Wildman–Crippen MR) is 32.3 cm³/mol. The predicted octanol–water partition coefficient (Wildman–Crippen LogP) is 2.23. The highest BCUT2D eigenvalue weighted by Crippen LogP contribution is 2.02. The molecule has 0 spiro atoms. The third-order valence-electron chi connectivity index (χ3n) is 1.08. The minimum Gasteiger partial charge on any atom is -0.381 e. The fourth-order valence-electron chi connectivity index (χ4n) is 0.687. The van der Waals surface area contributed by atoms with Gasteiger partial charge in [-0.1, -0.05) is 0 Å². The molecule has 1 fully saturated rings. The lowest BCUT2D eigenvalue weighted by atomic mass is 10.2. The highest BCUT2D eigenvalue weighted by molar-refractivity contribution is 5.55. The van der Waals surface area contributed by atoms with Crippen LogP contribution >= 0.6 is 0 Å². The Morgan fingerprint density at radius 2 is 1.50 bits per heavy atom. The summed E-state index contributed by atoms with van der Waals surface area (Å²) in [5.41, 5.74) is 0. The summed E-state index contributed by atoms with van der Waals surface area (Å²) in [5, 5.41) is 0. The van der Waals surface area contributed by atoms with E-state index in [9.17, 15) is 8.78 Å². The van der Waals surface area contributed by atoms with Crippen LogP contribution in [0.15, 0.2) is 0 Å². The van der Waals surface area contributed by atoms with Crippen LogP contribution < -0.4 is 0 Å². The van der Waals surface area contributed by atoms with Crippen LogP contribution in [-0.4, -0.2) is 19.5 Å². The van der Waals surface area contributed by atoms with Crippen LogP contribution in [0.1, 0.15) is 19.3 Å². The Hall–Kier alpha value is -0.510. The van der Waals surface area contributed by atoms with Crippen LogP contribution in [0, 0.1) is 0 Å². The van der Waals surface area contributed by atoms with Gasteiger partial charge >= 0.3 is 6.29 Å². The summed E-state index contributed by atoms with van der Waals surface area (Å²) in [6.45, 7) is 2.00. The fraction of sp³-hybridized carbons (Fsp3) is 0.833. The molecule has 0 aliphatic carbocycles. The number of ether oxygens (including phenoxy) is 1. The molecular weight excluding hydrogens is 142 g/mol. The second-order valence-corrected chi connectivity index (χ2v) is 1.90. The number of carbonyl (C=O) groups is 1. The van der Waals surface area contributed by atoms with Crippen LogP contribution in [-0.2, 0) is 4.74 Å². The maximum Gasteiger partial charge on any atom is 0.483 e. The average Bonchev–Trinajstić information content (AvgIpc) is 1.90. The second-order valence-electron chi connectivity index (χ2n) is 1.90. The first-order valence-corrected chi connectivity index (χ1v) is 3.16. The summed E-state index contributed by atoms with van der Waals surface area (Å²) in [4.78, 5) is 8.11. The van der Waals surface area contributed by atoms with Crippen molar-refractivity contribution in [3.05, 3.63) is 0 Å². The standard InChI is InChI=1S/C5H10O.CF2O/c1-2-4-6-5-3-1;2-1(3)4/h1-5H2;. The largest absolute Gasteiger partial charge is 0.483 e. The first kappa shape index (κ1) is 9.49. The van der Waals surface area contributed by atoms with E-state index in [1.807, 2.05) is 0 Å². The van der Waals surface area contributed by atoms with Gasteiger partial charge in [0.15, 0.2) is 0 Å². The van der Waals surface area contributed by atoms with Gasteiger partial charge in [0, 0.05) is 13.2 Å². The molecule has 0 bridgehead atoms. The van der Waals surface area contributed by atoms with E-state index in [0.29, 0.717) is 0 Å². The van der Waals surface area contributed by atoms with Crippen molar-refractivity contribution in [3.63, 3.8) is 0 Å². The molecule has 1 heterocycles. The lowest BCUT2D eigenvalue weighted by Gasteiger charge is -2.08. The van der Waals surface area contributed by atoms with Gasteiger partial charge in [-0.15, -0.1) is 8.78 Å². The summed E-state index contributed by atoms with van der Waals surface area (Å²) in [6.07, 6.45) is 1.10. The zero-order valence-electron chi connectivity index (χ0n) is 5.61. The Bertz CT molecular complexity index is 76.2. The van der Waals surface area contributed by atoms with Gasteiger partial charge in [-0.05, 0) is 19.3 Å². The van der Waals surface area contributed by atoms with Crippen LogP contribution in [0.2, 0.25) is 0 Å². The summed E-state index contributed by atoms with van der Waals surface area (Å²) in [5.74, 6) is 0. The molecule has 0 N–H and O–H groups in total. The van der Waals surface area contributed by atoms with E-state index in [1.165, 1.54) is 19.3 Å². The van der Waals surface area contributed by atoms with Crippen molar-refractivity contribution in [3.8, 4) is 0 Å². The Morgan fingerprint density at radius 3 is 1.60 bits per heavy atom. The van der Waals surface area contributed by atoms with Gasteiger partial charge in [0.05, 0.1) is 0 Å². The van der Waals surface area contributed by atoms with Crippen molar-refractivity contribution in [2.75, 3.05) is 13.2 Å². The quantitative estimate of drug-likeness (QED) is 0.497. The average molecular weight is 152 g/mol. The summed E-state index contributed by atoms with van der Waals surface area (Å²) >= 11 is 0. The van der Waals surface area contributed by atoms with E-state index in [-0.39, 0.29) is 0 Å². The van der Waals surface area contributed by atoms with E-state index >= 15 is 0 Å². The highest BCUT2D eigenvalue weighted by atomic mass is 19.3. The van der Waals surface area contributed by atoms with E-state index < -0.39 is 6.29 Å². The monoisotopic (exact) mass is 152 g/mol. The molecule has 0 aromatic heterocycles. The van der Waals surface area contributed by atoms with Gasteiger partial charge in [0.1, 0.15) is 0 Å². The Morgan fingerprint density at radius 1 is 1.10 bits per heavy atom. The highest BCUT2D eigenvalue weighted by Gasteiger charge is 1.94. The van der Waals surface area contributed by atoms with Gasteiger partial charge in [0.2, 0.25) is 0 Å². The maximum atomic E-state index is 9.69. The summed E-state index contributed by atoms with van der Waals surface area (Å²) in [7, 11) is 0. The minimum absolute atomic E-state index is 1.00. The van der Waals surface area contributed by atoms with Crippen molar-refractivity contribution in [2.24, 2.45) is 0 Å². The zero-order chi connectivity index (χ0) is 7.82. The molecule has 2 nitrogen and oxygen atoms in total. The normalized spacial score (nSPS) is 17.0. The molecule has 4 heteroatoms. The topological polar surface area (TPSA) is 26.3 Å². The minimum atomic E-state index is -2.83. The van der Waals surface area contributed by atoms with Crippen LogP contribution in [0.5, 0.6) is 0 Å². The zero-order valence-corrected chi connectivity index (χ0v) is 5.61. The van der Waals surface area contributed by atoms with Crippen molar-refractivity contribution < 1.29 is 18.3 Å². The van der Waals surface area contributed by atoms with Gasteiger partial charge in [-0.25, -0.2) is 4.79 Å². The van der Waals surface area contributed by atoms with Crippen molar-refractivity contribution in [2.45, 2.75) is 19.3 Å². The second kappa shape index (κ2) is 6.61. The molecule has 0 amide bonds. The van der Waals surface area contributed by atoms with Crippen LogP contribution in [0.3, 0.4) is 0 Å². The molecule has 0 aromatic carbocycles. The van der Waals surface area contributed by atoms with E-state index in [1.54, 1.807) is 0 Å². The number of carbonyl (C=O) groups excluding carboxylic acids is 1. The molecule has 0 atom stereocenters. The van der Waals surface area contributed by atoms with Crippen molar-refractivity contribution in [1.29, 1.82) is 0 Å². The molecule has 1 aliphatic rings. The summed E-state index contributed by atoms with van der Waals surface area (Å²) < 4.78 is 24.5. The smallest absolute Gasteiger partial charge is 0.381 e. The molecule has 1 aliphatic heterocycles. The lowest BCUT2D eigenvalue weighted by molar-refractivity contribution is 0.0968. The van der Waals surface area contributed by atoms with Gasteiger partial charge in [-0.2, -0.15) is 0 Å². The molecule has 1 saturated heterocycles. The molecule has 1 rings (SSSR count). The maximum absolute atomic E-state index is 9.69. The summed E-state index contributed by atoms with van der Waals surface area (Å²) in [6, 6.07) is 0. The van der Waals surface area contributed by atoms with Crippen molar-refractivity contribution in [1.82, 2.24) is 0 Å². The molecule has 60 valence electrons. The molecule has 0 radical (unpaired) electrons. The lowest BCUT2D eigenvalue weighted by Crippen LogP contribution is -2.03. The van der Waals surface area contributed by atoms with E-state index in [2.05, 4.69) is 0 Å². The third-order valence-corrected chi connectivity index (χ3v) is 1.08. The van der Waals surface area contributed by atoms with E-state index in [4.69, 9.17) is 9.53 Å². The van der Waals surface area contributed by atoms with Crippen LogP contribution in [0.25, 0.3) is 0 Å². The Labute approximate surface area is 58.2 Å². The first-order valence-electron chi connectivity index (χ1n) is 3.16. The van der Waals surface area contributed by atoms with Gasteiger partial charge in [0.25, 0.3) is 0 Å². The fourth-order valence-corrected chi connectivity index (χ4v) is 0.687. The van der Waals surface area contributed by atoms with E-state index in [0.717, 1.165) is 13.2 Å². The number of rotatable bonds is 0.